The van der Waals surface area contributed by atoms with Crippen LogP contribution in [0.5, 0.6) is 0 Å². The number of carbonyl (C=O) groups excluding carboxylic acids is 1. The van der Waals surface area contributed by atoms with E-state index in [2.05, 4.69) is 13.8 Å². The van der Waals surface area contributed by atoms with E-state index in [1.54, 1.807) is 12.1 Å². The Morgan fingerprint density at radius 3 is 1.78 bits per heavy atom. The molecule has 1 aliphatic rings. The first-order valence-corrected chi connectivity index (χ1v) is 15.1. The van der Waals surface area contributed by atoms with E-state index in [4.69, 9.17) is 9.84 Å². The first kappa shape index (κ1) is 32.2. The average molecular weight is 503 g/mol. The lowest BCUT2D eigenvalue weighted by Gasteiger charge is -2.21. The number of carboxylic acids is 1. The summed E-state index contributed by atoms with van der Waals surface area (Å²) in [6, 6.07) is 6.12. The highest BCUT2D eigenvalue weighted by Gasteiger charge is 2.16. The van der Waals surface area contributed by atoms with Crippen molar-refractivity contribution < 1.29 is 19.4 Å². The Morgan fingerprint density at radius 1 is 0.722 bits per heavy atom. The molecule has 0 heterocycles. The zero-order valence-electron chi connectivity index (χ0n) is 23.4. The van der Waals surface area contributed by atoms with Crippen molar-refractivity contribution in [1.82, 2.24) is 0 Å². The minimum atomic E-state index is -1.11. The molecule has 0 atom stereocenters. The lowest BCUT2D eigenvalue weighted by atomic mass is 9.85. The Labute approximate surface area is 221 Å². The number of carboxylic acid groups (broad SMARTS) is 1. The summed E-state index contributed by atoms with van der Waals surface area (Å²) >= 11 is 0. The Balaban J connectivity index is 0.000000381. The summed E-state index contributed by atoms with van der Waals surface area (Å²) in [6.07, 6.45) is 27.5. The quantitative estimate of drug-likeness (QED) is 0.160. The van der Waals surface area contributed by atoms with Gasteiger partial charge in [-0.3, -0.25) is 0 Å². The van der Waals surface area contributed by atoms with Crippen molar-refractivity contribution >= 4 is 11.9 Å². The maximum Gasteiger partial charge on any atom is 0.339 e. The largest absolute Gasteiger partial charge is 0.478 e. The van der Waals surface area contributed by atoms with Gasteiger partial charge in [-0.1, -0.05) is 148 Å². The van der Waals surface area contributed by atoms with Crippen molar-refractivity contribution in [3.05, 3.63) is 35.4 Å². The first-order valence-electron chi connectivity index (χ1n) is 15.1. The summed E-state index contributed by atoms with van der Waals surface area (Å²) in [6.45, 7) is 4.83. The Bertz CT molecular complexity index is 678. The van der Waals surface area contributed by atoms with Crippen LogP contribution in [0.1, 0.15) is 163 Å². The smallest absolute Gasteiger partial charge is 0.339 e. The predicted octanol–water partition coefficient (Wildman–Crippen LogP) is 10.00. The maximum atomic E-state index is 11.9. The van der Waals surface area contributed by atoms with E-state index in [1.165, 1.54) is 121 Å². The van der Waals surface area contributed by atoms with Crippen molar-refractivity contribution in [2.24, 2.45) is 5.92 Å². The molecule has 0 radical (unpaired) electrons. The van der Waals surface area contributed by atoms with E-state index in [-0.39, 0.29) is 11.1 Å². The molecule has 1 aliphatic carbocycles. The maximum absolute atomic E-state index is 11.9. The molecule has 0 unspecified atom stereocenters. The Morgan fingerprint density at radius 2 is 1.22 bits per heavy atom. The van der Waals surface area contributed by atoms with Gasteiger partial charge in [0, 0.05) is 0 Å². The van der Waals surface area contributed by atoms with Gasteiger partial charge in [-0.15, -0.1) is 0 Å². The third-order valence-electron chi connectivity index (χ3n) is 7.30. The minimum Gasteiger partial charge on any atom is -0.478 e. The molecular formula is C32H54O4. The van der Waals surface area contributed by atoms with Crippen LogP contribution in [0.15, 0.2) is 24.3 Å². The third-order valence-corrected chi connectivity index (χ3v) is 7.30. The van der Waals surface area contributed by atoms with Crippen molar-refractivity contribution in [3.63, 3.8) is 0 Å². The normalized spacial score (nSPS) is 13.6. The van der Waals surface area contributed by atoms with Gasteiger partial charge in [0.15, 0.2) is 0 Å². The van der Waals surface area contributed by atoms with Gasteiger partial charge in [0.1, 0.15) is 0 Å². The van der Waals surface area contributed by atoms with Crippen LogP contribution >= 0.6 is 0 Å². The Kier molecular flexibility index (Phi) is 20.0. The average Bonchev–Trinajstić information content (AvgIpc) is 2.90. The predicted molar refractivity (Wildman–Crippen MR) is 151 cm³/mol. The fraction of sp³-hybridized carbons (Fsp3) is 0.750. The molecule has 0 aliphatic heterocycles. The lowest BCUT2D eigenvalue weighted by molar-refractivity contribution is 0.0487. The van der Waals surface area contributed by atoms with Crippen LogP contribution in [0.3, 0.4) is 0 Å². The van der Waals surface area contributed by atoms with Crippen molar-refractivity contribution in [3.8, 4) is 0 Å². The summed E-state index contributed by atoms with van der Waals surface area (Å²) in [5.74, 6) is -0.563. The summed E-state index contributed by atoms with van der Waals surface area (Å²) < 4.78 is 5.14. The highest BCUT2D eigenvalue weighted by atomic mass is 16.5. The van der Waals surface area contributed by atoms with Crippen molar-refractivity contribution in [2.45, 2.75) is 142 Å². The molecule has 0 amide bonds. The van der Waals surface area contributed by atoms with Crippen LogP contribution in [0.2, 0.25) is 0 Å². The van der Waals surface area contributed by atoms with Gasteiger partial charge in [-0.05, 0) is 24.5 Å². The van der Waals surface area contributed by atoms with Gasteiger partial charge in [0.2, 0.25) is 0 Å². The van der Waals surface area contributed by atoms with Gasteiger partial charge in [0.25, 0.3) is 0 Å². The third kappa shape index (κ3) is 16.0. The fourth-order valence-electron chi connectivity index (χ4n) is 5.02. The van der Waals surface area contributed by atoms with E-state index >= 15 is 0 Å². The van der Waals surface area contributed by atoms with Crippen LogP contribution in [0.4, 0.5) is 0 Å². The molecule has 2 rings (SSSR count). The van der Waals surface area contributed by atoms with E-state index < -0.39 is 11.9 Å². The van der Waals surface area contributed by atoms with Crippen LogP contribution in [0.25, 0.3) is 0 Å². The number of benzene rings is 1. The number of rotatable bonds is 18. The van der Waals surface area contributed by atoms with E-state index in [1.807, 2.05) is 0 Å². The second kappa shape index (κ2) is 22.4. The molecule has 0 saturated heterocycles. The van der Waals surface area contributed by atoms with Gasteiger partial charge in [-0.2, -0.15) is 0 Å². The van der Waals surface area contributed by atoms with Crippen LogP contribution in [-0.4, -0.2) is 23.7 Å². The zero-order valence-corrected chi connectivity index (χ0v) is 23.4. The second-order valence-electron chi connectivity index (χ2n) is 10.5. The van der Waals surface area contributed by atoms with Crippen LogP contribution in [-0.2, 0) is 4.74 Å². The molecule has 1 saturated carbocycles. The molecule has 0 bridgehead atoms. The molecular weight excluding hydrogens is 448 g/mol. The SMILES string of the molecule is CCCCCCCCCC1CCCCC1.CCCCCCCCCOC(=O)c1ccccc1C(=O)O. The lowest BCUT2D eigenvalue weighted by Crippen LogP contribution is -2.12. The molecule has 1 aromatic rings. The molecule has 36 heavy (non-hydrogen) atoms. The van der Waals surface area contributed by atoms with E-state index in [0.29, 0.717) is 6.61 Å². The number of hydrogen-bond acceptors (Lipinski definition) is 3. The molecule has 0 spiro atoms. The van der Waals surface area contributed by atoms with Crippen LogP contribution in [0, 0.1) is 5.92 Å². The summed E-state index contributed by atoms with van der Waals surface area (Å²) in [4.78, 5) is 22.9. The van der Waals surface area contributed by atoms with E-state index in [9.17, 15) is 9.59 Å². The number of esters is 1. The highest BCUT2D eigenvalue weighted by Crippen LogP contribution is 2.28. The molecule has 1 fully saturated rings. The summed E-state index contributed by atoms with van der Waals surface area (Å²) in [7, 11) is 0. The minimum absolute atomic E-state index is 0.0120. The number of unbranched alkanes of at least 4 members (excludes halogenated alkanes) is 12. The monoisotopic (exact) mass is 502 g/mol. The second-order valence-corrected chi connectivity index (χ2v) is 10.5. The standard InChI is InChI=1S/C17H24O4.C15H30/c1-2-3-4-5-6-7-10-13-21-17(20)15-12-9-8-11-14(15)16(18)19;1-2-3-4-5-6-7-9-12-15-13-10-8-11-14-15/h8-9,11-12H,2-7,10,13H2,1H3,(H,18,19);15H,2-14H2,1H3. The topological polar surface area (TPSA) is 63.6 Å². The molecule has 1 aromatic carbocycles. The summed E-state index contributed by atoms with van der Waals surface area (Å²) in [5.41, 5.74) is 0.106. The number of hydrogen-bond donors (Lipinski definition) is 1. The van der Waals surface area contributed by atoms with E-state index in [0.717, 1.165) is 25.2 Å². The summed E-state index contributed by atoms with van der Waals surface area (Å²) in [5, 5.41) is 9.02. The molecule has 4 heteroatoms. The number of aromatic carboxylic acids is 1. The fourth-order valence-corrected chi connectivity index (χ4v) is 5.02. The van der Waals surface area contributed by atoms with Crippen molar-refractivity contribution in [1.29, 1.82) is 0 Å². The highest BCUT2D eigenvalue weighted by molar-refractivity contribution is 6.02. The molecule has 4 nitrogen and oxygen atoms in total. The van der Waals surface area contributed by atoms with Gasteiger partial charge in [0.05, 0.1) is 17.7 Å². The molecule has 0 aromatic heterocycles. The molecule has 1 N–H and O–H groups in total. The Hall–Kier alpha value is -1.84. The van der Waals surface area contributed by atoms with Gasteiger partial charge >= 0.3 is 11.9 Å². The van der Waals surface area contributed by atoms with Crippen LogP contribution < -0.4 is 0 Å². The van der Waals surface area contributed by atoms with Gasteiger partial charge in [-0.25, -0.2) is 9.59 Å². The molecule has 206 valence electrons. The zero-order chi connectivity index (χ0) is 26.3. The van der Waals surface area contributed by atoms with Crippen molar-refractivity contribution in [2.75, 3.05) is 6.61 Å². The number of ether oxygens (including phenoxy) is 1. The first-order chi connectivity index (χ1) is 17.6. The van der Waals surface area contributed by atoms with Gasteiger partial charge < -0.3 is 9.84 Å². The number of carbonyl (C=O) groups is 2.